The minimum atomic E-state index is -0.215. The number of ether oxygens (including phenoxy) is 1. The van der Waals surface area contributed by atoms with Crippen molar-refractivity contribution in [3.8, 4) is 0 Å². The Balaban J connectivity index is 1.44. The minimum Gasteiger partial charge on any atom is -0.378 e. The highest BCUT2D eigenvalue weighted by molar-refractivity contribution is 6.03. The molecule has 1 fully saturated rings. The third-order valence-electron chi connectivity index (χ3n) is 4.46. The lowest BCUT2D eigenvalue weighted by Gasteiger charge is -2.30. The summed E-state index contributed by atoms with van der Waals surface area (Å²) in [6, 6.07) is 20.6. The van der Waals surface area contributed by atoms with E-state index in [1.807, 2.05) is 36.4 Å². The van der Waals surface area contributed by atoms with Gasteiger partial charge in [-0.25, -0.2) is 0 Å². The Morgan fingerprint density at radius 2 is 1.54 bits per heavy atom. The van der Waals surface area contributed by atoms with Crippen LogP contribution in [-0.2, 0) is 4.74 Å². The molecule has 2 aromatic carbocycles. The largest absolute Gasteiger partial charge is 0.378 e. The molecule has 2 N–H and O–H groups in total. The third-order valence-corrected chi connectivity index (χ3v) is 4.46. The van der Waals surface area contributed by atoms with Crippen LogP contribution in [0.2, 0.25) is 0 Å². The molecule has 1 aliphatic heterocycles. The van der Waals surface area contributed by atoms with Gasteiger partial charge in [-0.1, -0.05) is 30.3 Å². The molecule has 3 aromatic rings. The van der Waals surface area contributed by atoms with Gasteiger partial charge in [0.25, 0.3) is 5.91 Å². The number of nitrogens with one attached hydrogen (secondary N) is 2. The van der Waals surface area contributed by atoms with E-state index in [0.29, 0.717) is 17.2 Å². The summed E-state index contributed by atoms with van der Waals surface area (Å²) in [7, 11) is 0. The average molecular weight is 375 g/mol. The molecule has 0 bridgehead atoms. The molecule has 0 aliphatic carbocycles. The average Bonchev–Trinajstić information content (AvgIpc) is 2.77. The summed E-state index contributed by atoms with van der Waals surface area (Å²) in [6.07, 6.45) is 0. The number of benzene rings is 2. The molecule has 0 unspecified atom stereocenters. The fourth-order valence-corrected chi connectivity index (χ4v) is 3.04. The predicted octanol–water partition coefficient (Wildman–Crippen LogP) is 3.31. The van der Waals surface area contributed by atoms with Crippen LogP contribution < -0.4 is 15.5 Å². The van der Waals surface area contributed by atoms with Crippen LogP contribution >= 0.6 is 0 Å². The van der Waals surface area contributed by atoms with Gasteiger partial charge in [0.05, 0.1) is 24.6 Å². The number of morpholine rings is 1. The molecule has 7 heteroatoms. The highest BCUT2D eigenvalue weighted by Crippen LogP contribution is 2.28. The van der Waals surface area contributed by atoms with Gasteiger partial charge in [0.15, 0.2) is 11.6 Å². The molecule has 0 saturated carbocycles. The zero-order valence-corrected chi connectivity index (χ0v) is 15.3. The lowest BCUT2D eigenvalue weighted by atomic mass is 10.2. The summed E-state index contributed by atoms with van der Waals surface area (Å²) in [5.41, 5.74) is 2.64. The predicted molar refractivity (Wildman–Crippen MR) is 109 cm³/mol. The zero-order valence-electron chi connectivity index (χ0n) is 15.3. The lowest BCUT2D eigenvalue weighted by Crippen LogP contribution is -2.36. The third kappa shape index (κ3) is 4.27. The van der Waals surface area contributed by atoms with E-state index in [9.17, 15) is 4.79 Å². The Bertz CT molecular complexity index is 925. The van der Waals surface area contributed by atoms with Crippen LogP contribution in [0, 0.1) is 0 Å². The van der Waals surface area contributed by atoms with E-state index >= 15 is 0 Å². The Morgan fingerprint density at radius 1 is 0.857 bits per heavy atom. The van der Waals surface area contributed by atoms with Crippen molar-refractivity contribution in [3.05, 3.63) is 72.3 Å². The second kappa shape index (κ2) is 8.49. The van der Waals surface area contributed by atoms with Gasteiger partial charge in [0, 0.05) is 18.7 Å². The summed E-state index contributed by atoms with van der Waals surface area (Å²) in [6.45, 7) is 3.16. The second-order valence-corrected chi connectivity index (χ2v) is 6.37. The molecule has 2 heterocycles. The molecule has 7 nitrogen and oxygen atoms in total. The quantitative estimate of drug-likeness (QED) is 0.712. The number of carbonyl (C=O) groups excluding carboxylic acids is 1. The maximum absolute atomic E-state index is 12.2. The van der Waals surface area contributed by atoms with Crippen molar-refractivity contribution in [2.45, 2.75) is 0 Å². The number of anilines is 4. The van der Waals surface area contributed by atoms with Gasteiger partial charge in [-0.2, -0.15) is 0 Å². The molecule has 1 aromatic heterocycles. The van der Waals surface area contributed by atoms with Crippen molar-refractivity contribution < 1.29 is 9.53 Å². The normalized spacial score (nSPS) is 13.8. The van der Waals surface area contributed by atoms with Gasteiger partial charge in [0.1, 0.15) is 0 Å². The van der Waals surface area contributed by atoms with Gasteiger partial charge in [-0.3, -0.25) is 4.79 Å². The summed E-state index contributed by atoms with van der Waals surface area (Å²) in [4.78, 5) is 14.5. The fraction of sp³-hybridized carbons (Fsp3) is 0.190. The summed E-state index contributed by atoms with van der Waals surface area (Å²) >= 11 is 0. The maximum atomic E-state index is 12.2. The number of carbonyl (C=O) groups is 1. The molecule has 0 spiro atoms. The van der Waals surface area contributed by atoms with Crippen LogP contribution in [0.5, 0.6) is 0 Å². The number of hydrogen-bond acceptors (Lipinski definition) is 6. The van der Waals surface area contributed by atoms with Crippen molar-refractivity contribution in [1.82, 2.24) is 10.2 Å². The zero-order chi connectivity index (χ0) is 19.2. The van der Waals surface area contributed by atoms with Crippen LogP contribution in [0.15, 0.2) is 66.7 Å². The standard InChI is InChI=1S/C21H21N5O2/c27-21(16-6-2-1-3-7-16)23-20-11-10-19(24-25-20)22-17-8-4-5-9-18(17)26-12-14-28-15-13-26/h1-11H,12-15H2,(H,22,24)(H,23,25,27). The Labute approximate surface area is 163 Å². The van der Waals surface area contributed by atoms with Gasteiger partial charge >= 0.3 is 0 Å². The minimum absolute atomic E-state index is 0.215. The molecule has 4 rings (SSSR count). The molecule has 0 atom stereocenters. The molecule has 1 amide bonds. The first-order valence-corrected chi connectivity index (χ1v) is 9.18. The van der Waals surface area contributed by atoms with Crippen LogP contribution in [0.1, 0.15) is 10.4 Å². The summed E-state index contributed by atoms with van der Waals surface area (Å²) in [5, 5.41) is 14.4. The first-order valence-electron chi connectivity index (χ1n) is 9.18. The smallest absolute Gasteiger partial charge is 0.256 e. The van der Waals surface area contributed by atoms with Crippen LogP contribution in [0.4, 0.5) is 23.0 Å². The first kappa shape index (κ1) is 17.9. The molecular formula is C21H21N5O2. The van der Waals surface area contributed by atoms with E-state index in [1.54, 1.807) is 24.3 Å². The highest BCUT2D eigenvalue weighted by Gasteiger charge is 2.15. The number of hydrogen-bond donors (Lipinski definition) is 2. The summed E-state index contributed by atoms with van der Waals surface area (Å²) in [5.74, 6) is 0.799. The summed E-state index contributed by atoms with van der Waals surface area (Å²) < 4.78 is 5.44. The van der Waals surface area contributed by atoms with Crippen molar-refractivity contribution in [2.75, 3.05) is 41.8 Å². The Kier molecular flexibility index (Phi) is 5.44. The van der Waals surface area contributed by atoms with E-state index in [2.05, 4.69) is 31.8 Å². The van der Waals surface area contributed by atoms with Gasteiger partial charge in [-0.15, -0.1) is 10.2 Å². The van der Waals surface area contributed by atoms with Crippen molar-refractivity contribution >= 4 is 28.9 Å². The van der Waals surface area contributed by atoms with Gasteiger partial charge in [0.2, 0.25) is 0 Å². The van der Waals surface area contributed by atoms with E-state index in [-0.39, 0.29) is 5.91 Å². The van der Waals surface area contributed by atoms with Crippen molar-refractivity contribution in [3.63, 3.8) is 0 Å². The van der Waals surface area contributed by atoms with Crippen LogP contribution in [0.3, 0.4) is 0 Å². The second-order valence-electron chi connectivity index (χ2n) is 6.37. The maximum Gasteiger partial charge on any atom is 0.256 e. The number of rotatable bonds is 5. The highest BCUT2D eigenvalue weighted by atomic mass is 16.5. The molecule has 1 saturated heterocycles. The Morgan fingerprint density at radius 3 is 2.29 bits per heavy atom. The number of para-hydroxylation sites is 2. The number of aromatic nitrogens is 2. The monoisotopic (exact) mass is 375 g/mol. The molecular weight excluding hydrogens is 354 g/mol. The lowest BCUT2D eigenvalue weighted by molar-refractivity contribution is 0.102. The Hall–Kier alpha value is -3.45. The van der Waals surface area contributed by atoms with Crippen LogP contribution in [0.25, 0.3) is 0 Å². The fourth-order valence-electron chi connectivity index (χ4n) is 3.04. The number of amides is 1. The van der Waals surface area contributed by atoms with Crippen molar-refractivity contribution in [2.24, 2.45) is 0 Å². The first-order chi connectivity index (χ1) is 13.8. The van der Waals surface area contributed by atoms with E-state index in [1.165, 1.54) is 0 Å². The topological polar surface area (TPSA) is 79.4 Å². The van der Waals surface area contributed by atoms with E-state index in [4.69, 9.17) is 4.74 Å². The van der Waals surface area contributed by atoms with Gasteiger partial charge in [-0.05, 0) is 36.4 Å². The van der Waals surface area contributed by atoms with Crippen LogP contribution in [-0.4, -0.2) is 42.4 Å². The van der Waals surface area contributed by atoms with Crippen molar-refractivity contribution in [1.29, 1.82) is 0 Å². The number of nitrogens with zero attached hydrogens (tertiary/aromatic N) is 3. The molecule has 1 aliphatic rings. The van der Waals surface area contributed by atoms with Gasteiger partial charge < -0.3 is 20.3 Å². The molecule has 28 heavy (non-hydrogen) atoms. The SMILES string of the molecule is O=C(Nc1ccc(Nc2ccccc2N2CCOCC2)nn1)c1ccccc1. The van der Waals surface area contributed by atoms with E-state index < -0.39 is 0 Å². The molecule has 0 radical (unpaired) electrons. The van der Waals surface area contributed by atoms with E-state index in [0.717, 1.165) is 37.7 Å². The molecule has 142 valence electrons.